The van der Waals surface area contributed by atoms with Crippen LogP contribution < -0.4 is 4.74 Å². The molecule has 2 aromatic carbocycles. The van der Waals surface area contributed by atoms with Crippen LogP contribution in [0.1, 0.15) is 49.8 Å². The summed E-state index contributed by atoms with van der Waals surface area (Å²) in [4.78, 5) is 30.5. The monoisotopic (exact) mass is 450 g/mol. The smallest absolute Gasteiger partial charge is 0.246 e. The third-order valence-electron chi connectivity index (χ3n) is 6.78. The number of nitrogens with zero attached hydrogens (tertiary/aromatic N) is 2. The minimum Gasteiger partial charge on any atom is -0.497 e. The molecule has 1 aliphatic carbocycles. The predicted molar refractivity (Wildman–Crippen MR) is 125 cm³/mol. The van der Waals surface area contributed by atoms with Crippen LogP contribution in [0.25, 0.3) is 0 Å². The van der Waals surface area contributed by atoms with Gasteiger partial charge in [-0.1, -0.05) is 49.3 Å². The molecule has 4 rings (SSSR count). The number of carbonyl (C=O) groups excluding carboxylic acids is 2. The van der Waals surface area contributed by atoms with E-state index in [1.807, 2.05) is 43.3 Å². The Bertz CT molecular complexity index is 997. The van der Waals surface area contributed by atoms with E-state index in [4.69, 9.17) is 4.74 Å². The van der Waals surface area contributed by atoms with Gasteiger partial charge in [0.05, 0.1) is 13.2 Å². The maximum Gasteiger partial charge on any atom is 0.246 e. The number of halogens is 1. The second-order valence-electron chi connectivity index (χ2n) is 8.89. The minimum atomic E-state index is -0.579. The van der Waals surface area contributed by atoms with Crippen molar-refractivity contribution in [2.75, 3.05) is 13.7 Å². The van der Waals surface area contributed by atoms with Gasteiger partial charge in [0.1, 0.15) is 17.6 Å². The van der Waals surface area contributed by atoms with E-state index in [2.05, 4.69) is 0 Å². The zero-order valence-electron chi connectivity index (χ0n) is 19.2. The molecule has 5 nitrogen and oxygen atoms in total. The second-order valence-corrected chi connectivity index (χ2v) is 8.89. The third-order valence-corrected chi connectivity index (χ3v) is 6.78. The highest BCUT2D eigenvalue weighted by Crippen LogP contribution is 2.31. The molecule has 2 aromatic rings. The Morgan fingerprint density at radius 1 is 1.06 bits per heavy atom. The summed E-state index contributed by atoms with van der Waals surface area (Å²) in [6.07, 6.45) is 7.91. The number of amides is 2. The van der Waals surface area contributed by atoms with Crippen molar-refractivity contribution in [3.63, 3.8) is 0 Å². The van der Waals surface area contributed by atoms with Gasteiger partial charge in [0.2, 0.25) is 11.8 Å². The van der Waals surface area contributed by atoms with Crippen LogP contribution in [-0.4, -0.2) is 41.3 Å². The van der Waals surface area contributed by atoms with E-state index in [1.54, 1.807) is 29.0 Å². The third kappa shape index (κ3) is 5.10. The van der Waals surface area contributed by atoms with Gasteiger partial charge in [-0.3, -0.25) is 9.59 Å². The van der Waals surface area contributed by atoms with Crippen LogP contribution in [0.2, 0.25) is 0 Å². The number of carbonyl (C=O) groups is 2. The first-order valence-corrected chi connectivity index (χ1v) is 11.6. The van der Waals surface area contributed by atoms with Crippen LogP contribution in [0.4, 0.5) is 4.39 Å². The summed E-state index contributed by atoms with van der Waals surface area (Å²) in [5.74, 6) is 0.396. The molecule has 0 radical (unpaired) electrons. The summed E-state index contributed by atoms with van der Waals surface area (Å²) < 4.78 is 18.8. The second kappa shape index (κ2) is 10.2. The van der Waals surface area contributed by atoms with Crippen molar-refractivity contribution in [3.8, 4) is 5.75 Å². The summed E-state index contributed by atoms with van der Waals surface area (Å²) in [6.45, 7) is 2.55. The fraction of sp³-hybridized carbons (Fsp3) is 0.407. The molecular formula is C27H31FN2O3. The Morgan fingerprint density at radius 2 is 1.73 bits per heavy atom. The molecule has 174 valence electrons. The molecule has 0 N–H and O–H groups in total. The molecule has 0 spiro atoms. The molecule has 0 aromatic heterocycles. The lowest BCUT2D eigenvalue weighted by Gasteiger charge is -2.39. The number of methoxy groups -OCH3 is 1. The SMILES string of the molecule is COc1ccc(C2/C=C\CN(C(=O)C3CCCC3)[C@@H](C)C(=O)N2Cc2ccc(F)cc2)cc1. The molecular weight excluding hydrogens is 419 g/mol. The van der Waals surface area contributed by atoms with E-state index < -0.39 is 6.04 Å². The van der Waals surface area contributed by atoms with Crippen LogP contribution in [0.3, 0.4) is 0 Å². The van der Waals surface area contributed by atoms with Crippen molar-refractivity contribution in [1.82, 2.24) is 9.80 Å². The molecule has 0 saturated heterocycles. The molecule has 1 unspecified atom stereocenters. The van der Waals surface area contributed by atoms with Gasteiger partial charge in [-0.2, -0.15) is 0 Å². The van der Waals surface area contributed by atoms with E-state index >= 15 is 0 Å². The number of benzene rings is 2. The maximum absolute atomic E-state index is 13.8. The van der Waals surface area contributed by atoms with Crippen molar-refractivity contribution in [2.45, 2.75) is 51.2 Å². The van der Waals surface area contributed by atoms with Crippen LogP contribution in [0, 0.1) is 11.7 Å². The molecule has 2 atom stereocenters. The van der Waals surface area contributed by atoms with Gasteiger partial charge in [-0.15, -0.1) is 0 Å². The Kier molecular flexibility index (Phi) is 7.11. The zero-order valence-corrected chi connectivity index (χ0v) is 19.2. The predicted octanol–water partition coefficient (Wildman–Crippen LogP) is 4.88. The van der Waals surface area contributed by atoms with Crippen molar-refractivity contribution in [3.05, 3.63) is 77.6 Å². The van der Waals surface area contributed by atoms with Crippen molar-refractivity contribution in [2.24, 2.45) is 5.92 Å². The molecule has 1 aliphatic heterocycles. The summed E-state index contributed by atoms with van der Waals surface area (Å²) in [5, 5.41) is 0. The van der Waals surface area contributed by atoms with Gasteiger partial charge in [0.15, 0.2) is 0 Å². The minimum absolute atomic E-state index is 0.0102. The average Bonchev–Trinajstić information content (AvgIpc) is 3.38. The lowest BCUT2D eigenvalue weighted by molar-refractivity contribution is -0.148. The van der Waals surface area contributed by atoms with Gasteiger partial charge in [0, 0.05) is 19.0 Å². The van der Waals surface area contributed by atoms with Gasteiger partial charge >= 0.3 is 0 Å². The highest BCUT2D eigenvalue weighted by atomic mass is 19.1. The van der Waals surface area contributed by atoms with E-state index in [0.717, 1.165) is 42.6 Å². The fourth-order valence-corrected chi connectivity index (χ4v) is 4.82. The molecule has 1 heterocycles. The molecule has 33 heavy (non-hydrogen) atoms. The Hall–Kier alpha value is -3.15. The highest BCUT2D eigenvalue weighted by Gasteiger charge is 2.36. The van der Waals surface area contributed by atoms with Crippen molar-refractivity contribution < 1.29 is 18.7 Å². The maximum atomic E-state index is 13.8. The van der Waals surface area contributed by atoms with Gasteiger partial charge in [-0.05, 0) is 55.2 Å². The molecule has 1 saturated carbocycles. The topological polar surface area (TPSA) is 49.9 Å². The fourth-order valence-electron chi connectivity index (χ4n) is 4.82. The van der Waals surface area contributed by atoms with Crippen LogP contribution in [0.15, 0.2) is 60.7 Å². The van der Waals surface area contributed by atoms with Crippen LogP contribution >= 0.6 is 0 Å². The van der Waals surface area contributed by atoms with Gasteiger partial charge < -0.3 is 14.5 Å². The number of ether oxygens (including phenoxy) is 1. The average molecular weight is 451 g/mol. The zero-order chi connectivity index (χ0) is 23.4. The van der Waals surface area contributed by atoms with E-state index in [0.29, 0.717) is 13.1 Å². The number of hydrogen-bond donors (Lipinski definition) is 0. The Balaban J connectivity index is 1.68. The first-order chi connectivity index (χ1) is 16.0. The molecule has 2 amide bonds. The molecule has 0 bridgehead atoms. The number of hydrogen-bond acceptors (Lipinski definition) is 3. The Morgan fingerprint density at radius 3 is 2.36 bits per heavy atom. The number of rotatable bonds is 5. The standard InChI is InChI=1S/C27H31FN2O3/c1-19-26(31)30(18-20-9-13-23(28)14-10-20)25(21-11-15-24(33-2)16-12-21)8-5-17-29(19)27(32)22-6-3-4-7-22/h5,8-16,19,22,25H,3-4,6-7,17-18H2,1-2H3/b8-5-/t19-,25?/m0/s1. The van der Waals surface area contributed by atoms with Crippen molar-refractivity contribution >= 4 is 11.8 Å². The summed E-state index contributed by atoms with van der Waals surface area (Å²) in [6, 6.07) is 13.0. The molecule has 1 fully saturated rings. The lowest BCUT2D eigenvalue weighted by atomic mass is 9.99. The van der Waals surface area contributed by atoms with Gasteiger partial charge in [-0.25, -0.2) is 4.39 Å². The summed E-state index contributed by atoms with van der Waals surface area (Å²) >= 11 is 0. The normalized spacial score (nSPS) is 22.7. The summed E-state index contributed by atoms with van der Waals surface area (Å²) in [7, 11) is 1.62. The lowest BCUT2D eigenvalue weighted by Crippen LogP contribution is -2.52. The first kappa shape index (κ1) is 23.0. The van der Waals surface area contributed by atoms with E-state index in [9.17, 15) is 14.0 Å². The largest absolute Gasteiger partial charge is 0.497 e. The molecule has 2 aliphatic rings. The highest BCUT2D eigenvalue weighted by molar-refractivity contribution is 5.89. The summed E-state index contributed by atoms with van der Waals surface area (Å²) in [5.41, 5.74) is 1.78. The Labute approximate surface area is 194 Å². The van der Waals surface area contributed by atoms with Crippen molar-refractivity contribution in [1.29, 1.82) is 0 Å². The van der Waals surface area contributed by atoms with E-state index in [-0.39, 0.29) is 29.6 Å². The van der Waals surface area contributed by atoms with Crippen LogP contribution in [-0.2, 0) is 16.1 Å². The first-order valence-electron chi connectivity index (χ1n) is 11.6. The van der Waals surface area contributed by atoms with Gasteiger partial charge in [0.25, 0.3) is 0 Å². The quantitative estimate of drug-likeness (QED) is 0.610. The molecule has 6 heteroatoms. The van der Waals surface area contributed by atoms with E-state index in [1.165, 1.54) is 12.1 Å². The van der Waals surface area contributed by atoms with Crippen LogP contribution in [0.5, 0.6) is 5.75 Å².